The number of anilines is 2. The number of hydrogen-bond acceptors (Lipinski definition) is 3. The van der Waals surface area contributed by atoms with Crippen molar-refractivity contribution in [1.29, 1.82) is 0 Å². The number of nitrogens with one attached hydrogen (secondary N) is 1. The molecule has 1 unspecified atom stereocenters. The van der Waals surface area contributed by atoms with Crippen LogP contribution in [0.25, 0.3) is 0 Å². The zero-order valence-electron chi connectivity index (χ0n) is 11.1. The van der Waals surface area contributed by atoms with E-state index in [4.69, 9.17) is 5.73 Å². The standard InChI is InChI=1S/C15H16N2O2S/c1-2-15(18)17-14-10-12(8-9-13(14)16)20(19)11-6-4-3-5-7-11/h3-10H,2,16H2,1H3,(H,17,18). The molecule has 0 bridgehead atoms. The lowest BCUT2D eigenvalue weighted by atomic mass is 10.2. The van der Waals surface area contributed by atoms with Crippen molar-refractivity contribution in [3.63, 3.8) is 0 Å². The van der Waals surface area contributed by atoms with Gasteiger partial charge in [-0.3, -0.25) is 4.79 Å². The summed E-state index contributed by atoms with van der Waals surface area (Å²) in [6, 6.07) is 14.2. The number of rotatable bonds is 4. The lowest BCUT2D eigenvalue weighted by Crippen LogP contribution is -2.11. The van der Waals surface area contributed by atoms with Gasteiger partial charge in [0.05, 0.1) is 22.2 Å². The first-order valence-corrected chi connectivity index (χ1v) is 7.43. The summed E-state index contributed by atoms with van der Waals surface area (Å²) >= 11 is 0. The summed E-state index contributed by atoms with van der Waals surface area (Å²) in [5, 5.41) is 2.71. The summed E-state index contributed by atoms with van der Waals surface area (Å²) in [5.74, 6) is -0.126. The van der Waals surface area contributed by atoms with Crippen molar-refractivity contribution in [1.82, 2.24) is 0 Å². The number of nitrogens with two attached hydrogens (primary N) is 1. The zero-order chi connectivity index (χ0) is 14.5. The number of benzene rings is 2. The zero-order valence-corrected chi connectivity index (χ0v) is 11.9. The molecule has 1 atom stereocenters. The molecule has 0 spiro atoms. The van der Waals surface area contributed by atoms with Crippen LogP contribution in [0.15, 0.2) is 58.3 Å². The summed E-state index contributed by atoms with van der Waals surface area (Å²) < 4.78 is 12.4. The molecule has 0 fully saturated rings. The largest absolute Gasteiger partial charge is 0.397 e. The van der Waals surface area contributed by atoms with E-state index >= 15 is 0 Å². The Balaban J connectivity index is 2.32. The van der Waals surface area contributed by atoms with Crippen LogP contribution in [0.4, 0.5) is 11.4 Å². The van der Waals surface area contributed by atoms with Crippen LogP contribution in [0.2, 0.25) is 0 Å². The van der Waals surface area contributed by atoms with Crippen molar-refractivity contribution in [2.24, 2.45) is 0 Å². The summed E-state index contributed by atoms with van der Waals surface area (Å²) in [5.41, 5.74) is 6.78. The van der Waals surface area contributed by atoms with Gasteiger partial charge in [0.1, 0.15) is 0 Å². The van der Waals surface area contributed by atoms with Gasteiger partial charge in [0, 0.05) is 16.2 Å². The number of carbonyl (C=O) groups excluding carboxylic acids is 1. The summed E-state index contributed by atoms with van der Waals surface area (Å²) in [6.45, 7) is 1.76. The Bertz CT molecular complexity index is 642. The SMILES string of the molecule is CCC(=O)Nc1cc(S(=O)c2ccccc2)ccc1N. The van der Waals surface area contributed by atoms with Crippen LogP contribution in [-0.4, -0.2) is 10.1 Å². The molecule has 3 N–H and O–H groups in total. The predicted octanol–water partition coefficient (Wildman–Crippen LogP) is 2.78. The van der Waals surface area contributed by atoms with E-state index in [1.54, 1.807) is 37.3 Å². The molecule has 104 valence electrons. The fraction of sp³-hybridized carbons (Fsp3) is 0.133. The molecular formula is C15H16N2O2S. The number of amides is 1. The van der Waals surface area contributed by atoms with Gasteiger partial charge in [-0.25, -0.2) is 4.21 Å². The van der Waals surface area contributed by atoms with Gasteiger partial charge in [-0.15, -0.1) is 0 Å². The van der Waals surface area contributed by atoms with Crippen LogP contribution in [0, 0.1) is 0 Å². The van der Waals surface area contributed by atoms with E-state index in [1.807, 2.05) is 18.2 Å². The normalized spacial score (nSPS) is 11.8. The second-order valence-electron chi connectivity index (χ2n) is 4.23. The van der Waals surface area contributed by atoms with Crippen molar-refractivity contribution in [3.8, 4) is 0 Å². The van der Waals surface area contributed by atoms with Gasteiger partial charge >= 0.3 is 0 Å². The topological polar surface area (TPSA) is 72.2 Å². The van der Waals surface area contributed by atoms with Gasteiger partial charge in [0.25, 0.3) is 0 Å². The minimum atomic E-state index is -1.29. The van der Waals surface area contributed by atoms with E-state index in [9.17, 15) is 9.00 Å². The van der Waals surface area contributed by atoms with E-state index in [0.717, 1.165) is 0 Å². The second-order valence-corrected chi connectivity index (χ2v) is 5.71. The molecule has 0 radical (unpaired) electrons. The van der Waals surface area contributed by atoms with Crippen molar-refractivity contribution < 1.29 is 9.00 Å². The summed E-state index contributed by atoms with van der Waals surface area (Å²) in [4.78, 5) is 12.8. The van der Waals surface area contributed by atoms with Crippen molar-refractivity contribution in [2.75, 3.05) is 11.1 Å². The molecule has 0 saturated heterocycles. The van der Waals surface area contributed by atoms with Gasteiger partial charge in [0.15, 0.2) is 0 Å². The molecule has 2 rings (SSSR count). The molecule has 0 aliphatic rings. The smallest absolute Gasteiger partial charge is 0.224 e. The Morgan fingerprint density at radius 3 is 2.50 bits per heavy atom. The minimum absolute atomic E-state index is 0.126. The van der Waals surface area contributed by atoms with E-state index < -0.39 is 10.8 Å². The van der Waals surface area contributed by atoms with Crippen LogP contribution in [-0.2, 0) is 15.6 Å². The van der Waals surface area contributed by atoms with E-state index in [0.29, 0.717) is 27.6 Å². The molecule has 5 heteroatoms. The fourth-order valence-electron chi connectivity index (χ4n) is 1.68. The molecular weight excluding hydrogens is 272 g/mol. The molecule has 4 nitrogen and oxygen atoms in total. The molecule has 0 aliphatic heterocycles. The molecule has 0 aromatic heterocycles. The molecule has 2 aromatic rings. The van der Waals surface area contributed by atoms with Gasteiger partial charge in [0.2, 0.25) is 5.91 Å². The first-order valence-electron chi connectivity index (χ1n) is 6.28. The third kappa shape index (κ3) is 3.24. The number of hydrogen-bond donors (Lipinski definition) is 2. The lowest BCUT2D eigenvalue weighted by Gasteiger charge is -2.09. The Morgan fingerprint density at radius 2 is 1.85 bits per heavy atom. The lowest BCUT2D eigenvalue weighted by molar-refractivity contribution is -0.115. The van der Waals surface area contributed by atoms with Gasteiger partial charge < -0.3 is 11.1 Å². The highest BCUT2D eigenvalue weighted by Gasteiger charge is 2.10. The highest BCUT2D eigenvalue weighted by Crippen LogP contribution is 2.24. The monoisotopic (exact) mass is 288 g/mol. The van der Waals surface area contributed by atoms with Crippen LogP contribution in [0.5, 0.6) is 0 Å². The maximum absolute atomic E-state index is 12.4. The third-order valence-electron chi connectivity index (χ3n) is 2.79. The van der Waals surface area contributed by atoms with Crippen LogP contribution >= 0.6 is 0 Å². The summed E-state index contributed by atoms with van der Waals surface area (Å²) in [7, 11) is -1.29. The predicted molar refractivity (Wildman–Crippen MR) is 80.9 cm³/mol. The highest BCUT2D eigenvalue weighted by atomic mass is 32.2. The van der Waals surface area contributed by atoms with Crippen LogP contribution in [0.1, 0.15) is 13.3 Å². The van der Waals surface area contributed by atoms with Crippen molar-refractivity contribution >= 4 is 28.1 Å². The minimum Gasteiger partial charge on any atom is -0.397 e. The molecule has 0 aliphatic carbocycles. The average Bonchev–Trinajstić information content (AvgIpc) is 2.49. The molecule has 0 saturated carbocycles. The number of carbonyl (C=O) groups is 1. The Kier molecular flexibility index (Phi) is 4.53. The van der Waals surface area contributed by atoms with E-state index in [1.165, 1.54) is 0 Å². The van der Waals surface area contributed by atoms with Crippen LogP contribution < -0.4 is 11.1 Å². The first-order chi connectivity index (χ1) is 9.61. The van der Waals surface area contributed by atoms with Gasteiger partial charge in [-0.1, -0.05) is 25.1 Å². The summed E-state index contributed by atoms with van der Waals surface area (Å²) in [6.07, 6.45) is 0.367. The van der Waals surface area contributed by atoms with Crippen LogP contribution in [0.3, 0.4) is 0 Å². The Morgan fingerprint density at radius 1 is 1.15 bits per heavy atom. The fourth-order valence-corrected chi connectivity index (χ4v) is 2.77. The quantitative estimate of drug-likeness (QED) is 0.850. The Labute approximate surface area is 120 Å². The third-order valence-corrected chi connectivity index (χ3v) is 4.17. The Hall–Kier alpha value is -2.14. The molecule has 20 heavy (non-hydrogen) atoms. The van der Waals surface area contributed by atoms with Gasteiger partial charge in [-0.2, -0.15) is 0 Å². The molecule has 1 amide bonds. The van der Waals surface area contributed by atoms with Crippen molar-refractivity contribution in [2.45, 2.75) is 23.1 Å². The van der Waals surface area contributed by atoms with E-state index in [-0.39, 0.29) is 5.91 Å². The highest BCUT2D eigenvalue weighted by molar-refractivity contribution is 7.85. The number of nitrogen functional groups attached to an aromatic ring is 1. The average molecular weight is 288 g/mol. The first kappa shape index (κ1) is 14.3. The molecule has 0 heterocycles. The van der Waals surface area contributed by atoms with Crippen molar-refractivity contribution in [3.05, 3.63) is 48.5 Å². The second kappa shape index (κ2) is 6.34. The molecule has 2 aromatic carbocycles. The van der Waals surface area contributed by atoms with E-state index in [2.05, 4.69) is 5.32 Å². The maximum atomic E-state index is 12.4. The van der Waals surface area contributed by atoms with Gasteiger partial charge in [-0.05, 0) is 30.3 Å². The maximum Gasteiger partial charge on any atom is 0.224 e.